The van der Waals surface area contributed by atoms with Crippen LogP contribution >= 0.6 is 0 Å². The number of carbonyl (C=O) groups excluding carboxylic acids is 1. The molecule has 0 radical (unpaired) electrons. The van der Waals surface area contributed by atoms with Crippen molar-refractivity contribution in [2.75, 3.05) is 20.1 Å². The van der Waals surface area contributed by atoms with Gasteiger partial charge in [-0.2, -0.15) is 22.6 Å². The summed E-state index contributed by atoms with van der Waals surface area (Å²) in [4.78, 5) is 21.6. The molecule has 2 aromatic heterocycles. The van der Waals surface area contributed by atoms with Gasteiger partial charge in [-0.05, 0) is 60.9 Å². The zero-order valence-electron chi connectivity index (χ0n) is 21.6. The van der Waals surface area contributed by atoms with Crippen molar-refractivity contribution in [2.45, 2.75) is 19.0 Å². The Labute approximate surface area is 232 Å². The van der Waals surface area contributed by atoms with Crippen LogP contribution in [0, 0.1) is 11.2 Å². The lowest BCUT2D eigenvalue weighted by atomic mass is 9.65. The van der Waals surface area contributed by atoms with E-state index in [4.69, 9.17) is 5.73 Å². The molecule has 1 saturated heterocycles. The highest BCUT2D eigenvalue weighted by molar-refractivity contribution is 7.93. The highest BCUT2D eigenvalue weighted by Crippen LogP contribution is 2.47. The fourth-order valence-electron chi connectivity index (χ4n) is 5.26. The van der Waals surface area contributed by atoms with Gasteiger partial charge in [-0.15, -0.1) is 0 Å². The number of sulfonamides is 1. The van der Waals surface area contributed by atoms with Crippen molar-refractivity contribution >= 4 is 28.1 Å². The quantitative estimate of drug-likeness (QED) is 0.266. The van der Waals surface area contributed by atoms with E-state index < -0.39 is 44.5 Å². The van der Waals surface area contributed by atoms with E-state index in [0.29, 0.717) is 28.6 Å². The number of allylic oxidation sites excluding steroid dienone is 1. The molecule has 0 spiro atoms. The normalized spacial score (nSPS) is 20.0. The minimum Gasteiger partial charge on any atom is -0.403 e. The second-order valence-corrected chi connectivity index (χ2v) is 11.6. The number of ketones is 1. The highest BCUT2D eigenvalue weighted by Gasteiger charge is 2.51. The van der Waals surface area contributed by atoms with Crippen LogP contribution in [0.4, 0.5) is 17.6 Å². The predicted octanol–water partition coefficient (Wildman–Crippen LogP) is 3.77. The Balaban J connectivity index is 1.64. The Morgan fingerprint density at radius 2 is 1.93 bits per heavy atom. The second-order valence-electron chi connectivity index (χ2n) is 9.67. The van der Waals surface area contributed by atoms with Gasteiger partial charge in [0.15, 0.2) is 5.78 Å². The summed E-state index contributed by atoms with van der Waals surface area (Å²) in [6.45, 7) is -0.387. The van der Waals surface area contributed by atoms with E-state index >= 15 is 0 Å². The number of hydrogen-bond donors (Lipinski definition) is 1. The first-order valence-electron chi connectivity index (χ1n) is 12.4. The largest absolute Gasteiger partial charge is 0.416 e. The van der Waals surface area contributed by atoms with E-state index in [-0.39, 0.29) is 30.8 Å². The van der Waals surface area contributed by atoms with Crippen LogP contribution < -0.4 is 5.73 Å². The van der Waals surface area contributed by atoms with E-state index in [0.717, 1.165) is 29.0 Å². The van der Waals surface area contributed by atoms with E-state index in [9.17, 15) is 30.8 Å². The van der Waals surface area contributed by atoms with E-state index in [1.54, 1.807) is 10.8 Å². The van der Waals surface area contributed by atoms with Crippen molar-refractivity contribution < 1.29 is 30.8 Å². The number of pyridine rings is 1. The standard InChI is InChI=1S/C27H24F4N6O3S/c1-33-15-22(13-32)41(39,40)36-9-7-18-11-24-17(14-35-37(24)21-4-2-20(28)3-5-21)12-26(18,16-36)25(38)23-10-19(6-8-34-23)27(29,30)31/h2-6,8,10-11,13-15H,7,9,12,16,32H2,1H3/t26-/m0/s1. The average Bonchev–Trinajstić information content (AvgIpc) is 3.36. The van der Waals surface area contributed by atoms with Gasteiger partial charge >= 0.3 is 6.18 Å². The van der Waals surface area contributed by atoms with Crippen molar-refractivity contribution in [3.8, 4) is 5.69 Å². The minimum absolute atomic E-state index is 0.0197. The summed E-state index contributed by atoms with van der Waals surface area (Å²) < 4.78 is 83.6. The van der Waals surface area contributed by atoms with Crippen molar-refractivity contribution in [1.82, 2.24) is 19.1 Å². The highest BCUT2D eigenvalue weighted by atomic mass is 32.2. The van der Waals surface area contributed by atoms with Crippen LogP contribution in [0.25, 0.3) is 11.8 Å². The van der Waals surface area contributed by atoms with Crippen LogP contribution in [-0.2, 0) is 22.6 Å². The van der Waals surface area contributed by atoms with Gasteiger partial charge in [-0.25, -0.2) is 17.5 Å². The van der Waals surface area contributed by atoms with E-state index in [1.807, 2.05) is 0 Å². The third kappa shape index (κ3) is 4.97. The first-order valence-corrected chi connectivity index (χ1v) is 13.8. The van der Waals surface area contributed by atoms with Crippen LogP contribution in [0.15, 0.2) is 70.5 Å². The smallest absolute Gasteiger partial charge is 0.403 e. The van der Waals surface area contributed by atoms with Crippen LogP contribution in [-0.4, -0.2) is 59.6 Å². The fourth-order valence-corrected chi connectivity index (χ4v) is 6.69. The van der Waals surface area contributed by atoms with Crippen molar-refractivity contribution in [3.63, 3.8) is 0 Å². The number of alkyl halides is 3. The number of hydrogen-bond acceptors (Lipinski definition) is 7. The lowest BCUT2D eigenvalue weighted by molar-refractivity contribution is -0.137. The maximum atomic E-state index is 14.2. The van der Waals surface area contributed by atoms with E-state index in [1.165, 1.54) is 37.5 Å². The molecule has 0 bridgehead atoms. The molecule has 214 valence electrons. The number of halogens is 4. The SMILES string of the molecule is CN=CC(=CN)S(=O)(=O)N1CCC2=Cc3c(cnn3-c3ccc(F)cc3)C[C@]2(C(=O)c2cc(C(F)(F)F)ccn2)C1. The molecule has 3 heterocycles. The minimum atomic E-state index is -4.72. The predicted molar refractivity (Wildman–Crippen MR) is 143 cm³/mol. The Morgan fingerprint density at radius 3 is 2.59 bits per heavy atom. The lowest BCUT2D eigenvalue weighted by Crippen LogP contribution is -2.53. The average molecular weight is 589 g/mol. The van der Waals surface area contributed by atoms with Gasteiger partial charge in [0.2, 0.25) is 10.0 Å². The number of Topliss-reactive ketones (excluding diaryl/α,β-unsaturated/α-hetero) is 1. The summed E-state index contributed by atoms with van der Waals surface area (Å²) in [7, 11) is -2.83. The molecule has 3 aromatic rings. The Morgan fingerprint density at radius 1 is 1.20 bits per heavy atom. The van der Waals surface area contributed by atoms with Gasteiger partial charge in [-0.3, -0.25) is 14.8 Å². The molecule has 5 rings (SSSR count). The number of nitrogens with zero attached hydrogens (tertiary/aromatic N) is 5. The zero-order valence-corrected chi connectivity index (χ0v) is 22.5. The van der Waals surface area contributed by atoms with Crippen molar-refractivity contribution in [1.29, 1.82) is 0 Å². The fraction of sp³-hybridized carbons (Fsp3) is 0.259. The number of fused-ring (bicyclic) bond motifs is 2. The molecule has 2 aliphatic rings. The lowest BCUT2D eigenvalue weighted by Gasteiger charge is -2.44. The van der Waals surface area contributed by atoms with Crippen LogP contribution in [0.5, 0.6) is 0 Å². The van der Waals surface area contributed by atoms with Gasteiger partial charge in [0.25, 0.3) is 0 Å². The molecule has 0 unspecified atom stereocenters. The molecule has 2 N–H and O–H groups in total. The van der Waals surface area contributed by atoms with Crippen molar-refractivity contribution in [2.24, 2.45) is 16.1 Å². The van der Waals surface area contributed by atoms with Gasteiger partial charge in [-0.1, -0.05) is 5.57 Å². The summed E-state index contributed by atoms with van der Waals surface area (Å²) >= 11 is 0. The maximum Gasteiger partial charge on any atom is 0.416 e. The third-order valence-electron chi connectivity index (χ3n) is 7.27. The number of aliphatic imine (C=N–C) groups is 1. The molecule has 14 heteroatoms. The topological polar surface area (TPSA) is 124 Å². The van der Waals surface area contributed by atoms with Crippen LogP contribution in [0.1, 0.15) is 33.7 Å². The summed E-state index contributed by atoms with van der Waals surface area (Å²) in [5, 5.41) is 4.40. The number of benzene rings is 1. The van der Waals surface area contributed by atoms with Gasteiger partial charge in [0.05, 0.1) is 28.6 Å². The van der Waals surface area contributed by atoms with Crippen LogP contribution in [0.2, 0.25) is 0 Å². The number of rotatable bonds is 6. The molecule has 0 saturated carbocycles. The Bertz CT molecular complexity index is 1710. The first kappa shape index (κ1) is 28.4. The second kappa shape index (κ2) is 10.3. The molecule has 1 aliphatic carbocycles. The maximum absolute atomic E-state index is 14.2. The molecule has 9 nitrogen and oxygen atoms in total. The molecule has 1 aromatic carbocycles. The number of nitrogens with two attached hydrogens (primary N) is 1. The molecular formula is C27H24F4N6O3S. The summed E-state index contributed by atoms with van der Waals surface area (Å²) in [5.41, 5.74) is 4.74. The molecule has 41 heavy (non-hydrogen) atoms. The van der Waals surface area contributed by atoms with E-state index in [2.05, 4.69) is 15.1 Å². The van der Waals surface area contributed by atoms with Crippen molar-refractivity contribution in [3.05, 3.63) is 93.8 Å². The molecular weight excluding hydrogens is 564 g/mol. The first-order chi connectivity index (χ1) is 19.4. The molecule has 1 fully saturated rings. The number of piperidine rings is 1. The molecule has 1 aliphatic heterocycles. The summed E-state index contributed by atoms with van der Waals surface area (Å²) in [6.07, 6.45) is 1.41. The number of carbonyl (C=O) groups is 1. The van der Waals surface area contributed by atoms with Gasteiger partial charge in [0.1, 0.15) is 16.4 Å². The van der Waals surface area contributed by atoms with Gasteiger partial charge in [0, 0.05) is 38.7 Å². The summed E-state index contributed by atoms with van der Waals surface area (Å²) in [6, 6.07) is 7.05. The van der Waals surface area contributed by atoms with Gasteiger partial charge < -0.3 is 5.73 Å². The molecule has 0 amide bonds. The summed E-state index contributed by atoms with van der Waals surface area (Å²) in [5.74, 6) is -1.18. The monoisotopic (exact) mass is 588 g/mol. The Hall–Kier alpha value is -4.17. The number of aromatic nitrogens is 3. The Kier molecular flexibility index (Phi) is 7.15. The van der Waals surface area contributed by atoms with Crippen LogP contribution in [0.3, 0.4) is 0 Å². The molecule has 1 atom stereocenters. The zero-order chi connectivity index (χ0) is 29.6. The third-order valence-corrected chi connectivity index (χ3v) is 9.09.